The Bertz CT molecular complexity index is 909. The Kier molecular flexibility index (Phi) is 5.87. The van der Waals surface area contributed by atoms with Crippen LogP contribution in [0.3, 0.4) is 0 Å². The molecule has 0 fully saturated rings. The van der Waals surface area contributed by atoms with Gasteiger partial charge >= 0.3 is 5.97 Å². The summed E-state index contributed by atoms with van der Waals surface area (Å²) in [5, 5.41) is 0.132. The zero-order chi connectivity index (χ0) is 18.8. The molecule has 0 saturated carbocycles. The second-order valence-electron chi connectivity index (χ2n) is 5.82. The fraction of sp³-hybridized carbons (Fsp3) is 0.278. The van der Waals surface area contributed by atoms with Gasteiger partial charge in [0.05, 0.1) is 22.6 Å². The Morgan fingerprint density at radius 3 is 2.40 bits per heavy atom. The molecule has 5 nitrogen and oxygen atoms in total. The number of carbonyl (C=O) groups is 1. The molecule has 0 aliphatic carbocycles. The molecular weight excluding hydrogens is 362 g/mol. The van der Waals surface area contributed by atoms with Crippen molar-refractivity contribution < 1.29 is 17.9 Å². The first-order valence-electron chi connectivity index (χ1n) is 7.63. The summed E-state index contributed by atoms with van der Waals surface area (Å²) in [6.07, 6.45) is 0. The highest BCUT2D eigenvalue weighted by atomic mass is 35.5. The van der Waals surface area contributed by atoms with Crippen molar-refractivity contribution in [1.82, 2.24) is 4.72 Å². The molecule has 0 heterocycles. The average molecular weight is 382 g/mol. The molecule has 2 rings (SSSR count). The summed E-state index contributed by atoms with van der Waals surface area (Å²) in [7, 11) is -2.62. The monoisotopic (exact) mass is 381 g/mol. The second kappa shape index (κ2) is 7.56. The van der Waals surface area contributed by atoms with Gasteiger partial charge in [-0.05, 0) is 55.7 Å². The molecule has 1 N–H and O–H groups in total. The lowest BCUT2D eigenvalue weighted by molar-refractivity contribution is 0.0600. The van der Waals surface area contributed by atoms with Crippen LogP contribution in [0.15, 0.2) is 41.3 Å². The maximum Gasteiger partial charge on any atom is 0.339 e. The normalized spacial score (nSPS) is 12.7. The lowest BCUT2D eigenvalue weighted by atomic mass is 10.0. The summed E-state index contributed by atoms with van der Waals surface area (Å²) in [6.45, 7) is 5.73. The zero-order valence-electron chi connectivity index (χ0n) is 14.5. The Balaban J connectivity index is 2.32. The Morgan fingerprint density at radius 1 is 1.12 bits per heavy atom. The van der Waals surface area contributed by atoms with Gasteiger partial charge in [-0.25, -0.2) is 17.9 Å². The Morgan fingerprint density at radius 2 is 1.80 bits per heavy atom. The van der Waals surface area contributed by atoms with Gasteiger partial charge in [0.2, 0.25) is 10.0 Å². The number of sulfonamides is 1. The minimum absolute atomic E-state index is 0.00544. The lowest BCUT2D eigenvalue weighted by Gasteiger charge is -2.16. The van der Waals surface area contributed by atoms with E-state index in [1.54, 1.807) is 6.92 Å². The molecule has 0 radical (unpaired) electrons. The van der Waals surface area contributed by atoms with Crippen molar-refractivity contribution in [3.8, 4) is 0 Å². The maximum absolute atomic E-state index is 12.6. The van der Waals surface area contributed by atoms with Crippen molar-refractivity contribution in [3.05, 3.63) is 63.7 Å². The first-order chi connectivity index (χ1) is 11.7. The number of benzene rings is 2. The third kappa shape index (κ3) is 4.39. The van der Waals surface area contributed by atoms with E-state index in [2.05, 4.69) is 9.46 Å². The summed E-state index contributed by atoms with van der Waals surface area (Å²) in [5.74, 6) is -0.691. The van der Waals surface area contributed by atoms with E-state index in [0.29, 0.717) is 0 Å². The van der Waals surface area contributed by atoms with Crippen LogP contribution in [0.2, 0.25) is 5.02 Å². The average Bonchev–Trinajstić information content (AvgIpc) is 2.56. The van der Waals surface area contributed by atoms with Crippen molar-refractivity contribution in [2.24, 2.45) is 0 Å². The van der Waals surface area contributed by atoms with E-state index < -0.39 is 22.0 Å². The van der Waals surface area contributed by atoms with Gasteiger partial charge in [-0.3, -0.25) is 0 Å². The standard InChI is InChI=1S/C18H20ClNO4S/c1-11-5-6-14(9-12(11)2)13(3)20-25(22,23)15-7-8-17(19)16(10-15)18(21)24-4/h5-10,13,20H,1-4H3. The van der Waals surface area contributed by atoms with Crippen molar-refractivity contribution >= 4 is 27.6 Å². The van der Waals surface area contributed by atoms with E-state index in [1.165, 1.54) is 25.3 Å². The van der Waals surface area contributed by atoms with Crippen molar-refractivity contribution in [3.63, 3.8) is 0 Å². The molecule has 0 bridgehead atoms. The second-order valence-corrected chi connectivity index (χ2v) is 7.94. The summed E-state index contributed by atoms with van der Waals surface area (Å²) >= 11 is 5.94. The number of halogens is 1. The Labute approximate surface area is 153 Å². The minimum Gasteiger partial charge on any atom is -0.465 e. The number of ether oxygens (including phenoxy) is 1. The molecule has 2 aromatic carbocycles. The van der Waals surface area contributed by atoms with Gasteiger partial charge in [-0.1, -0.05) is 29.8 Å². The van der Waals surface area contributed by atoms with Crippen LogP contribution in [0.5, 0.6) is 0 Å². The van der Waals surface area contributed by atoms with E-state index in [4.69, 9.17) is 11.6 Å². The number of aryl methyl sites for hydroxylation is 2. The molecule has 0 amide bonds. The number of hydrogen-bond acceptors (Lipinski definition) is 4. The van der Waals surface area contributed by atoms with Crippen LogP contribution in [-0.4, -0.2) is 21.5 Å². The topological polar surface area (TPSA) is 72.5 Å². The number of esters is 1. The molecule has 0 aliphatic rings. The molecule has 0 aromatic heterocycles. The number of rotatable bonds is 5. The van der Waals surface area contributed by atoms with Crippen molar-refractivity contribution in [2.75, 3.05) is 7.11 Å². The molecule has 0 aliphatic heterocycles. The van der Waals surface area contributed by atoms with Crippen LogP contribution in [0.25, 0.3) is 0 Å². The first kappa shape index (κ1) is 19.4. The highest BCUT2D eigenvalue weighted by Gasteiger charge is 2.21. The van der Waals surface area contributed by atoms with Gasteiger partial charge in [0.15, 0.2) is 0 Å². The maximum atomic E-state index is 12.6. The summed E-state index contributed by atoms with van der Waals surface area (Å²) in [4.78, 5) is 11.7. The summed E-state index contributed by atoms with van der Waals surface area (Å²) in [5.41, 5.74) is 3.09. The van der Waals surface area contributed by atoms with Gasteiger partial charge < -0.3 is 4.74 Å². The van der Waals surface area contributed by atoms with Crippen LogP contribution in [0, 0.1) is 13.8 Å². The van der Waals surface area contributed by atoms with Crippen LogP contribution in [-0.2, 0) is 14.8 Å². The van der Waals surface area contributed by atoms with Gasteiger partial charge in [-0.15, -0.1) is 0 Å². The molecule has 1 unspecified atom stereocenters. The van der Waals surface area contributed by atoms with Gasteiger partial charge in [0.1, 0.15) is 0 Å². The fourth-order valence-corrected chi connectivity index (χ4v) is 3.79. The van der Waals surface area contributed by atoms with Gasteiger partial charge in [0.25, 0.3) is 0 Å². The quantitative estimate of drug-likeness (QED) is 0.800. The number of nitrogens with one attached hydrogen (secondary N) is 1. The largest absolute Gasteiger partial charge is 0.465 e. The third-order valence-electron chi connectivity index (χ3n) is 4.02. The minimum atomic E-state index is -3.83. The van der Waals surface area contributed by atoms with E-state index in [-0.39, 0.29) is 15.5 Å². The highest BCUT2D eigenvalue weighted by Crippen LogP contribution is 2.23. The van der Waals surface area contributed by atoms with Crippen LogP contribution in [0.4, 0.5) is 0 Å². The summed E-state index contributed by atoms with van der Waals surface area (Å²) in [6, 6.07) is 9.28. The zero-order valence-corrected chi connectivity index (χ0v) is 16.0. The van der Waals surface area contributed by atoms with E-state index in [0.717, 1.165) is 16.7 Å². The van der Waals surface area contributed by atoms with Crippen LogP contribution >= 0.6 is 11.6 Å². The molecule has 2 aromatic rings. The Hall–Kier alpha value is -1.89. The highest BCUT2D eigenvalue weighted by molar-refractivity contribution is 7.89. The SMILES string of the molecule is COC(=O)c1cc(S(=O)(=O)NC(C)c2ccc(C)c(C)c2)ccc1Cl. The van der Waals surface area contributed by atoms with Gasteiger partial charge in [0, 0.05) is 6.04 Å². The molecule has 0 spiro atoms. The molecule has 25 heavy (non-hydrogen) atoms. The predicted molar refractivity (Wildman–Crippen MR) is 97.4 cm³/mol. The molecule has 134 valence electrons. The lowest BCUT2D eigenvalue weighted by Crippen LogP contribution is -2.27. The predicted octanol–water partition coefficient (Wildman–Crippen LogP) is 3.78. The van der Waals surface area contributed by atoms with E-state index >= 15 is 0 Å². The summed E-state index contributed by atoms with van der Waals surface area (Å²) < 4.78 is 32.5. The molecule has 1 atom stereocenters. The smallest absolute Gasteiger partial charge is 0.339 e. The molecule has 0 saturated heterocycles. The van der Waals surface area contributed by atoms with Crippen molar-refractivity contribution in [2.45, 2.75) is 31.7 Å². The number of carbonyl (C=O) groups excluding carboxylic acids is 1. The molecule has 7 heteroatoms. The van der Waals surface area contributed by atoms with E-state index in [1.807, 2.05) is 32.0 Å². The van der Waals surface area contributed by atoms with Crippen LogP contribution in [0.1, 0.15) is 40.0 Å². The number of hydrogen-bond donors (Lipinski definition) is 1. The van der Waals surface area contributed by atoms with Crippen LogP contribution < -0.4 is 4.72 Å². The van der Waals surface area contributed by atoms with E-state index in [9.17, 15) is 13.2 Å². The third-order valence-corrected chi connectivity index (χ3v) is 5.88. The molecular formula is C18H20ClNO4S. The fourth-order valence-electron chi connectivity index (χ4n) is 2.34. The first-order valence-corrected chi connectivity index (χ1v) is 9.49. The van der Waals surface area contributed by atoms with Gasteiger partial charge in [-0.2, -0.15) is 0 Å². The van der Waals surface area contributed by atoms with Crippen molar-refractivity contribution in [1.29, 1.82) is 0 Å². The number of methoxy groups -OCH3 is 1.